The number of nitrogens with one attached hydrogen (secondary N) is 2. The molecule has 1 saturated heterocycles. The molecule has 5 rings (SSSR count). The van der Waals surface area contributed by atoms with E-state index in [1.54, 1.807) is 42.0 Å². The number of methoxy groups -OCH3 is 1. The van der Waals surface area contributed by atoms with E-state index >= 15 is 0 Å². The zero-order valence-electron chi connectivity index (χ0n) is 22.3. The lowest BCUT2D eigenvalue weighted by molar-refractivity contribution is 0.113. The molecule has 3 atom stereocenters. The molecular formula is C28H30ClF2N7O2. The summed E-state index contributed by atoms with van der Waals surface area (Å²) >= 11 is 6.78. The molecule has 1 fully saturated rings. The highest BCUT2D eigenvalue weighted by atomic mass is 35.5. The smallest absolute Gasteiger partial charge is 0.320 e. The molecule has 2 amide bonds. The molecular weight excluding hydrogens is 540 g/mol. The number of carbonyl (C=O) groups excluding carboxylic acids is 1. The van der Waals surface area contributed by atoms with Gasteiger partial charge in [-0.3, -0.25) is 14.9 Å². The summed E-state index contributed by atoms with van der Waals surface area (Å²) < 4.78 is 36.3. The molecule has 4 aromatic rings. The molecule has 3 heterocycles. The van der Waals surface area contributed by atoms with Gasteiger partial charge in [0.05, 0.1) is 24.5 Å². The fraction of sp³-hybridized carbons (Fsp3) is 0.321. The Labute approximate surface area is 235 Å². The molecule has 12 heteroatoms. The van der Waals surface area contributed by atoms with Crippen LogP contribution < -0.4 is 10.6 Å². The maximum absolute atomic E-state index is 14.1. The van der Waals surface area contributed by atoms with Crippen LogP contribution in [0, 0.1) is 11.6 Å². The van der Waals surface area contributed by atoms with Gasteiger partial charge in [0.25, 0.3) is 0 Å². The maximum Gasteiger partial charge on any atom is 0.320 e. The highest BCUT2D eigenvalue weighted by Crippen LogP contribution is 2.35. The van der Waals surface area contributed by atoms with Crippen molar-refractivity contribution in [3.63, 3.8) is 0 Å². The van der Waals surface area contributed by atoms with Gasteiger partial charge in [0, 0.05) is 51.0 Å². The van der Waals surface area contributed by atoms with Gasteiger partial charge >= 0.3 is 6.03 Å². The molecule has 0 bridgehead atoms. The monoisotopic (exact) mass is 569 g/mol. The second kappa shape index (κ2) is 11.7. The fourth-order valence-corrected chi connectivity index (χ4v) is 5.34. The first kappa shape index (κ1) is 27.8. The van der Waals surface area contributed by atoms with Gasteiger partial charge < -0.3 is 10.1 Å². The van der Waals surface area contributed by atoms with E-state index in [-0.39, 0.29) is 22.8 Å². The lowest BCUT2D eigenvalue weighted by atomic mass is 9.94. The quantitative estimate of drug-likeness (QED) is 0.317. The van der Waals surface area contributed by atoms with Gasteiger partial charge in [-0.05, 0) is 36.8 Å². The van der Waals surface area contributed by atoms with Crippen molar-refractivity contribution in [2.45, 2.75) is 24.9 Å². The van der Waals surface area contributed by atoms with Crippen molar-refractivity contribution >= 4 is 23.4 Å². The number of amides is 2. The van der Waals surface area contributed by atoms with Gasteiger partial charge in [-0.2, -0.15) is 10.2 Å². The molecule has 0 radical (unpaired) electrons. The van der Waals surface area contributed by atoms with E-state index in [0.717, 1.165) is 6.07 Å². The van der Waals surface area contributed by atoms with Gasteiger partial charge in [-0.15, -0.1) is 0 Å². The van der Waals surface area contributed by atoms with Crippen molar-refractivity contribution in [2.24, 2.45) is 7.05 Å². The zero-order chi connectivity index (χ0) is 28.4. The highest BCUT2D eigenvalue weighted by molar-refractivity contribution is 6.36. The second-order valence-electron chi connectivity index (χ2n) is 9.90. The van der Waals surface area contributed by atoms with E-state index in [0.29, 0.717) is 42.2 Å². The predicted octanol–water partition coefficient (Wildman–Crippen LogP) is 4.83. The number of benzene rings is 2. The van der Waals surface area contributed by atoms with E-state index in [4.69, 9.17) is 16.3 Å². The number of aromatic nitrogens is 4. The van der Waals surface area contributed by atoms with E-state index in [9.17, 15) is 13.6 Å². The highest BCUT2D eigenvalue weighted by Gasteiger charge is 2.37. The summed E-state index contributed by atoms with van der Waals surface area (Å²) in [6.45, 7) is 3.54. The predicted molar refractivity (Wildman–Crippen MR) is 149 cm³/mol. The first-order chi connectivity index (χ1) is 19.2. The molecule has 0 spiro atoms. The van der Waals surface area contributed by atoms with Crippen LogP contribution in [0.4, 0.5) is 19.4 Å². The van der Waals surface area contributed by atoms with E-state index in [2.05, 4.69) is 25.7 Å². The number of likely N-dealkylation sites (tertiary alicyclic amines) is 1. The molecule has 2 N–H and O–H groups in total. The standard InChI is InChI=1S/C28H30ClF2N7O2/c1-17(16-40-3)37-14-21(18-9-10-22(30)23(31)11-18)24(15-37)33-28(39)34-27-25(29)26(19-12-32-36(2)13-19)35-38(27)20-7-5-4-6-8-20/h4-13,17,21,24H,14-16H2,1-3H3,(H2,33,34,39)/t17-,21-,24+/m0/s1. The van der Waals surface area contributed by atoms with Crippen LogP contribution in [0.2, 0.25) is 5.02 Å². The van der Waals surface area contributed by atoms with Crippen molar-refractivity contribution in [3.8, 4) is 16.9 Å². The largest absolute Gasteiger partial charge is 0.383 e. The molecule has 2 aromatic carbocycles. The number of halogens is 3. The number of urea groups is 1. The van der Waals surface area contributed by atoms with Gasteiger partial charge in [-0.1, -0.05) is 35.9 Å². The third-order valence-corrected chi connectivity index (χ3v) is 7.46. The number of hydrogen-bond donors (Lipinski definition) is 2. The molecule has 1 aliphatic heterocycles. The van der Waals surface area contributed by atoms with Crippen LogP contribution in [0.15, 0.2) is 60.9 Å². The lowest BCUT2D eigenvalue weighted by Crippen LogP contribution is -2.43. The third-order valence-electron chi connectivity index (χ3n) is 7.11. The fourth-order valence-electron chi connectivity index (χ4n) is 5.07. The summed E-state index contributed by atoms with van der Waals surface area (Å²) in [5.74, 6) is -1.83. The third kappa shape index (κ3) is 5.72. The molecule has 40 heavy (non-hydrogen) atoms. The topological polar surface area (TPSA) is 89.2 Å². The lowest BCUT2D eigenvalue weighted by Gasteiger charge is -2.23. The summed E-state index contributed by atoms with van der Waals surface area (Å²) in [5.41, 5.74) is 2.47. The van der Waals surface area contributed by atoms with E-state index in [1.807, 2.05) is 37.3 Å². The summed E-state index contributed by atoms with van der Waals surface area (Å²) in [7, 11) is 3.42. The molecule has 0 saturated carbocycles. The van der Waals surface area contributed by atoms with Gasteiger partial charge in [0.1, 0.15) is 10.7 Å². The van der Waals surface area contributed by atoms with Crippen molar-refractivity contribution < 1.29 is 18.3 Å². The van der Waals surface area contributed by atoms with Gasteiger partial charge in [-0.25, -0.2) is 18.3 Å². The number of hydrogen-bond acceptors (Lipinski definition) is 5. The number of aryl methyl sites for hydroxylation is 1. The molecule has 9 nitrogen and oxygen atoms in total. The van der Waals surface area contributed by atoms with Crippen molar-refractivity contribution in [1.29, 1.82) is 0 Å². The van der Waals surface area contributed by atoms with Crippen LogP contribution in [0.5, 0.6) is 0 Å². The van der Waals surface area contributed by atoms with Gasteiger partial charge in [0.15, 0.2) is 17.5 Å². The normalized spacial score (nSPS) is 18.1. The van der Waals surface area contributed by atoms with Crippen molar-refractivity contribution in [2.75, 3.05) is 32.1 Å². The Morgan fingerprint density at radius 1 is 1.18 bits per heavy atom. The number of rotatable bonds is 8. The van der Waals surface area contributed by atoms with Crippen molar-refractivity contribution in [1.82, 2.24) is 29.8 Å². The SMILES string of the molecule is COC[C@H](C)N1C[C@@H](NC(=O)Nc2c(Cl)c(-c3cnn(C)c3)nn2-c2ccccc2)[C@H](c2ccc(F)c(F)c2)C1. The molecule has 2 aromatic heterocycles. The minimum Gasteiger partial charge on any atom is -0.383 e. The number of nitrogens with zero attached hydrogens (tertiary/aromatic N) is 5. The Morgan fingerprint density at radius 3 is 2.62 bits per heavy atom. The van der Waals surface area contributed by atoms with Crippen molar-refractivity contribution in [3.05, 3.63) is 83.1 Å². The summed E-state index contributed by atoms with van der Waals surface area (Å²) in [6, 6.07) is 12.3. The number of para-hydroxylation sites is 1. The maximum atomic E-state index is 14.1. The zero-order valence-corrected chi connectivity index (χ0v) is 23.1. The number of carbonyl (C=O) groups is 1. The van der Waals surface area contributed by atoms with Crippen LogP contribution in [0.1, 0.15) is 18.4 Å². The Bertz CT molecular complexity index is 1490. The molecule has 1 aliphatic rings. The van der Waals surface area contributed by atoms with E-state index < -0.39 is 23.7 Å². The number of ether oxygens (including phenoxy) is 1. The summed E-state index contributed by atoms with van der Waals surface area (Å²) in [6.07, 6.45) is 3.43. The second-order valence-corrected chi connectivity index (χ2v) is 10.3. The minimum absolute atomic E-state index is 0.0589. The average molecular weight is 570 g/mol. The average Bonchev–Trinajstić information content (AvgIpc) is 3.64. The van der Waals surface area contributed by atoms with E-state index in [1.165, 1.54) is 6.07 Å². The Kier molecular flexibility index (Phi) is 8.15. The van der Waals surface area contributed by atoms with Crippen LogP contribution in [-0.4, -0.2) is 69.4 Å². The number of anilines is 1. The Morgan fingerprint density at radius 2 is 1.95 bits per heavy atom. The van der Waals surface area contributed by atoms with Crippen LogP contribution >= 0.6 is 11.6 Å². The van der Waals surface area contributed by atoms with Crippen LogP contribution in [0.3, 0.4) is 0 Å². The molecule has 0 aliphatic carbocycles. The first-order valence-electron chi connectivity index (χ1n) is 12.8. The summed E-state index contributed by atoms with van der Waals surface area (Å²) in [5, 5.41) is 15.0. The van der Waals surface area contributed by atoms with Crippen LogP contribution in [-0.2, 0) is 11.8 Å². The molecule has 210 valence electrons. The Hall–Kier alpha value is -3.80. The van der Waals surface area contributed by atoms with Crippen LogP contribution in [0.25, 0.3) is 16.9 Å². The Balaban J connectivity index is 1.43. The minimum atomic E-state index is -0.925. The summed E-state index contributed by atoms with van der Waals surface area (Å²) in [4.78, 5) is 15.6. The first-order valence-corrected chi connectivity index (χ1v) is 13.2. The molecule has 0 unspecified atom stereocenters. The van der Waals surface area contributed by atoms with Gasteiger partial charge in [0.2, 0.25) is 0 Å².